The Balaban J connectivity index is 0.000000239. The van der Waals surface area contributed by atoms with Crippen LogP contribution in [0, 0.1) is 0 Å². The Bertz CT molecular complexity index is 450. The topological polar surface area (TPSA) is 64.9 Å². The van der Waals surface area contributed by atoms with Gasteiger partial charge in [-0.15, -0.1) is 11.3 Å². The van der Waals surface area contributed by atoms with Crippen molar-refractivity contribution in [2.45, 2.75) is 32.2 Å². The molecule has 0 radical (unpaired) electrons. The van der Waals surface area contributed by atoms with Crippen LogP contribution in [0.3, 0.4) is 0 Å². The molecule has 0 bridgehead atoms. The number of hydrogen-bond acceptors (Lipinski definition) is 4. The highest BCUT2D eigenvalue weighted by atomic mass is 32.1. The largest absolute Gasteiger partial charge is 0.330 e. The molecule has 4 N–H and O–H groups in total. The lowest BCUT2D eigenvalue weighted by Gasteiger charge is -1.96. The van der Waals surface area contributed by atoms with Crippen molar-refractivity contribution in [3.63, 3.8) is 0 Å². The van der Waals surface area contributed by atoms with Gasteiger partial charge < -0.3 is 11.5 Å². The molecule has 3 nitrogen and oxygen atoms in total. The van der Waals surface area contributed by atoms with E-state index in [2.05, 4.69) is 24.0 Å². The molecule has 1 heterocycles. The molecular weight excluding hydrogens is 230 g/mol. The lowest BCUT2D eigenvalue weighted by molar-refractivity contribution is 0.721. The number of benzene rings is 1. The maximum absolute atomic E-state index is 5.90. The minimum absolute atomic E-state index is 0.325. The molecule has 0 aliphatic heterocycles. The Morgan fingerprint density at radius 2 is 2.00 bits per heavy atom. The van der Waals surface area contributed by atoms with Gasteiger partial charge in [-0.2, -0.15) is 0 Å². The molecule has 0 saturated heterocycles. The quantitative estimate of drug-likeness (QED) is 0.813. The highest BCUT2D eigenvalue weighted by Crippen LogP contribution is 2.28. The summed E-state index contributed by atoms with van der Waals surface area (Å²) in [6.07, 6.45) is 3.14. The molecule has 0 amide bonds. The standard InChI is InChI=1S/C10H10N2S.C3H9N/c11-8-1-6-3-9-10(13-5-12-9)4-7(6)2-8;1-2-3-4/h3-5,8H,1-2,11H2;2-4H2,1H3. The van der Waals surface area contributed by atoms with E-state index in [1.54, 1.807) is 11.3 Å². The first kappa shape index (κ1) is 12.5. The maximum Gasteiger partial charge on any atom is 0.0814 e. The predicted octanol–water partition coefficient (Wildman–Crippen LogP) is 2.08. The lowest BCUT2D eigenvalue weighted by Crippen LogP contribution is -2.18. The Morgan fingerprint density at radius 3 is 2.65 bits per heavy atom. The van der Waals surface area contributed by atoms with Gasteiger partial charge in [0, 0.05) is 6.04 Å². The minimum atomic E-state index is 0.325. The van der Waals surface area contributed by atoms with Crippen LogP contribution in [0.5, 0.6) is 0 Å². The Kier molecular flexibility index (Phi) is 4.10. The fourth-order valence-corrected chi connectivity index (χ4v) is 2.73. The van der Waals surface area contributed by atoms with E-state index >= 15 is 0 Å². The van der Waals surface area contributed by atoms with E-state index in [9.17, 15) is 0 Å². The lowest BCUT2D eigenvalue weighted by atomic mass is 10.1. The van der Waals surface area contributed by atoms with Crippen LogP contribution in [0.2, 0.25) is 0 Å². The molecule has 17 heavy (non-hydrogen) atoms. The summed E-state index contributed by atoms with van der Waals surface area (Å²) in [6.45, 7) is 2.88. The Morgan fingerprint density at radius 1 is 1.35 bits per heavy atom. The summed E-state index contributed by atoms with van der Waals surface area (Å²) in [5.74, 6) is 0. The fourth-order valence-electron chi connectivity index (χ4n) is 2.01. The monoisotopic (exact) mass is 249 g/mol. The molecule has 1 unspecified atom stereocenters. The van der Waals surface area contributed by atoms with Crippen LogP contribution in [-0.2, 0) is 12.8 Å². The second kappa shape index (κ2) is 5.58. The summed E-state index contributed by atoms with van der Waals surface area (Å²) in [6, 6.07) is 4.76. The predicted molar refractivity (Wildman–Crippen MR) is 74.3 cm³/mol. The van der Waals surface area contributed by atoms with Crippen LogP contribution in [0.15, 0.2) is 17.6 Å². The number of thiazole rings is 1. The van der Waals surface area contributed by atoms with Gasteiger partial charge in [-0.05, 0) is 49.1 Å². The Hall–Kier alpha value is -0.970. The van der Waals surface area contributed by atoms with Gasteiger partial charge in [0.1, 0.15) is 0 Å². The molecule has 1 aromatic carbocycles. The first-order valence-electron chi connectivity index (χ1n) is 6.05. The van der Waals surface area contributed by atoms with Gasteiger partial charge in [0.05, 0.1) is 15.7 Å². The van der Waals surface area contributed by atoms with Crippen molar-refractivity contribution in [2.75, 3.05) is 6.54 Å². The molecule has 1 aliphatic rings. The van der Waals surface area contributed by atoms with E-state index in [-0.39, 0.29) is 0 Å². The van der Waals surface area contributed by atoms with Crippen molar-refractivity contribution in [1.82, 2.24) is 4.98 Å². The summed E-state index contributed by atoms with van der Waals surface area (Å²) in [7, 11) is 0. The number of nitrogens with zero attached hydrogens (tertiary/aromatic N) is 1. The van der Waals surface area contributed by atoms with Crippen LogP contribution in [0.1, 0.15) is 24.5 Å². The van der Waals surface area contributed by atoms with Crippen molar-refractivity contribution in [1.29, 1.82) is 0 Å². The average Bonchev–Trinajstić information content (AvgIpc) is 2.90. The van der Waals surface area contributed by atoms with Crippen LogP contribution in [0.4, 0.5) is 0 Å². The van der Waals surface area contributed by atoms with E-state index in [1.165, 1.54) is 15.8 Å². The zero-order valence-electron chi connectivity index (χ0n) is 10.1. The first-order valence-corrected chi connectivity index (χ1v) is 6.93. The SMILES string of the molecule is CCCN.NC1Cc2cc3ncsc3cc2C1. The number of nitrogens with two attached hydrogens (primary N) is 2. The number of hydrogen-bond donors (Lipinski definition) is 2. The molecule has 1 atom stereocenters. The highest BCUT2D eigenvalue weighted by molar-refractivity contribution is 7.16. The number of aromatic nitrogens is 1. The molecule has 3 rings (SSSR count). The second-order valence-electron chi connectivity index (χ2n) is 4.40. The van der Waals surface area contributed by atoms with Gasteiger partial charge in [0.2, 0.25) is 0 Å². The van der Waals surface area contributed by atoms with Crippen LogP contribution in [0.25, 0.3) is 10.2 Å². The normalized spacial score (nSPS) is 17.7. The molecule has 2 aromatic rings. The third kappa shape index (κ3) is 2.83. The summed E-state index contributed by atoms with van der Waals surface area (Å²) in [4.78, 5) is 4.30. The molecular formula is C13H19N3S. The van der Waals surface area contributed by atoms with Gasteiger partial charge in [-0.25, -0.2) is 4.98 Å². The second-order valence-corrected chi connectivity index (χ2v) is 5.28. The third-order valence-corrected chi connectivity index (χ3v) is 3.70. The van der Waals surface area contributed by atoms with Crippen molar-refractivity contribution >= 4 is 21.6 Å². The van der Waals surface area contributed by atoms with Crippen LogP contribution >= 0.6 is 11.3 Å². The van der Waals surface area contributed by atoms with E-state index in [1.807, 2.05) is 5.51 Å². The zero-order chi connectivity index (χ0) is 12.3. The maximum atomic E-state index is 5.90. The fraction of sp³-hybridized carbons (Fsp3) is 0.462. The smallest absolute Gasteiger partial charge is 0.0814 e. The zero-order valence-corrected chi connectivity index (χ0v) is 11.0. The molecule has 0 fully saturated rings. The molecule has 0 saturated carbocycles. The molecule has 0 spiro atoms. The molecule has 92 valence electrons. The molecule has 1 aliphatic carbocycles. The van der Waals surface area contributed by atoms with Gasteiger partial charge >= 0.3 is 0 Å². The van der Waals surface area contributed by atoms with Gasteiger partial charge in [0.15, 0.2) is 0 Å². The van der Waals surface area contributed by atoms with Crippen molar-refractivity contribution in [2.24, 2.45) is 11.5 Å². The van der Waals surface area contributed by atoms with Crippen molar-refractivity contribution in [3.05, 3.63) is 28.8 Å². The van der Waals surface area contributed by atoms with E-state index < -0.39 is 0 Å². The average molecular weight is 249 g/mol. The van der Waals surface area contributed by atoms with Crippen LogP contribution < -0.4 is 11.5 Å². The summed E-state index contributed by atoms with van der Waals surface area (Å²) in [5.41, 5.74) is 16.8. The highest BCUT2D eigenvalue weighted by Gasteiger charge is 2.18. The summed E-state index contributed by atoms with van der Waals surface area (Å²) >= 11 is 1.70. The summed E-state index contributed by atoms with van der Waals surface area (Å²) in [5, 5.41) is 0. The Labute approximate surface area is 106 Å². The molecule has 4 heteroatoms. The third-order valence-electron chi connectivity index (χ3n) is 2.91. The minimum Gasteiger partial charge on any atom is -0.330 e. The van der Waals surface area contributed by atoms with E-state index in [0.29, 0.717) is 6.04 Å². The van der Waals surface area contributed by atoms with Gasteiger partial charge in [-0.1, -0.05) is 6.92 Å². The van der Waals surface area contributed by atoms with Gasteiger partial charge in [0.25, 0.3) is 0 Å². The van der Waals surface area contributed by atoms with Crippen molar-refractivity contribution < 1.29 is 0 Å². The van der Waals surface area contributed by atoms with E-state index in [0.717, 1.165) is 31.3 Å². The van der Waals surface area contributed by atoms with Gasteiger partial charge in [-0.3, -0.25) is 0 Å². The molecule has 1 aromatic heterocycles. The first-order chi connectivity index (χ1) is 8.24. The van der Waals surface area contributed by atoms with Crippen LogP contribution in [-0.4, -0.2) is 17.6 Å². The van der Waals surface area contributed by atoms with Crippen molar-refractivity contribution in [3.8, 4) is 0 Å². The number of fused-ring (bicyclic) bond motifs is 2. The summed E-state index contributed by atoms with van der Waals surface area (Å²) < 4.78 is 1.29. The van der Waals surface area contributed by atoms with E-state index in [4.69, 9.17) is 11.5 Å². The number of rotatable bonds is 1.